The van der Waals surface area contributed by atoms with Gasteiger partial charge in [0.05, 0.1) is 12.0 Å². The maximum atomic E-state index is 13.3. The lowest BCUT2D eigenvalue weighted by molar-refractivity contribution is -0.133. The molecule has 130 valence electrons. The van der Waals surface area contributed by atoms with Crippen molar-refractivity contribution in [1.82, 2.24) is 0 Å². The summed E-state index contributed by atoms with van der Waals surface area (Å²) >= 11 is 0. The van der Waals surface area contributed by atoms with E-state index in [9.17, 15) is 14.7 Å². The molecule has 1 aromatic rings. The topological polar surface area (TPSA) is 70.8 Å². The molecule has 0 atom stereocenters. The number of benzene rings is 1. The summed E-state index contributed by atoms with van der Waals surface area (Å²) in [6.07, 6.45) is 3.18. The Bertz CT molecular complexity index is 941. The summed E-state index contributed by atoms with van der Waals surface area (Å²) in [5.74, 6) is -0.627. The highest BCUT2D eigenvalue weighted by molar-refractivity contribution is 6.14. The molecule has 0 aromatic heterocycles. The van der Waals surface area contributed by atoms with Gasteiger partial charge in [0, 0.05) is 28.5 Å². The Kier molecular flexibility index (Phi) is 4.05. The smallest absolute Gasteiger partial charge is 0.332 e. The van der Waals surface area contributed by atoms with Gasteiger partial charge in [-0.2, -0.15) is 0 Å². The summed E-state index contributed by atoms with van der Waals surface area (Å²) in [5.41, 5.74) is 2.84. The molecule has 0 fully saturated rings. The van der Waals surface area contributed by atoms with E-state index in [-0.39, 0.29) is 11.5 Å². The first-order chi connectivity index (χ1) is 12.6. The molecule has 0 unspecified atom stereocenters. The van der Waals surface area contributed by atoms with Crippen molar-refractivity contribution < 1.29 is 19.1 Å². The van der Waals surface area contributed by atoms with Crippen LogP contribution in [0.25, 0.3) is 11.3 Å². The van der Waals surface area contributed by atoms with Gasteiger partial charge in [0.15, 0.2) is 0 Å². The maximum Gasteiger partial charge on any atom is 0.332 e. The third kappa shape index (κ3) is 2.77. The van der Waals surface area contributed by atoms with Crippen LogP contribution < -0.4 is 4.90 Å². The minimum absolute atomic E-state index is 0.219. The first-order valence-corrected chi connectivity index (χ1v) is 8.47. The van der Waals surface area contributed by atoms with Crippen LogP contribution in [0.5, 0.6) is 0 Å². The van der Waals surface area contributed by atoms with E-state index < -0.39 is 5.97 Å². The minimum Gasteiger partial charge on any atom is -0.478 e. The molecule has 0 saturated carbocycles. The number of carboxylic acid groups (broad SMARTS) is 1. The number of amides is 1. The molecule has 1 N–H and O–H groups in total. The van der Waals surface area contributed by atoms with Crippen LogP contribution in [-0.2, 0) is 9.59 Å². The van der Waals surface area contributed by atoms with Crippen molar-refractivity contribution in [2.75, 3.05) is 4.90 Å². The van der Waals surface area contributed by atoms with E-state index >= 15 is 0 Å². The zero-order valence-electron chi connectivity index (χ0n) is 14.0. The van der Waals surface area contributed by atoms with Gasteiger partial charge in [0.1, 0.15) is 5.76 Å². The van der Waals surface area contributed by atoms with Crippen LogP contribution in [0.4, 0.5) is 11.4 Å². The van der Waals surface area contributed by atoms with Gasteiger partial charge in [-0.3, -0.25) is 9.69 Å². The summed E-state index contributed by atoms with van der Waals surface area (Å²) in [6.45, 7) is 0. The highest BCUT2D eigenvalue weighted by Crippen LogP contribution is 2.38. The van der Waals surface area contributed by atoms with E-state index in [1.165, 1.54) is 0 Å². The van der Waals surface area contributed by atoms with Gasteiger partial charge in [-0.1, -0.05) is 18.2 Å². The van der Waals surface area contributed by atoms with Gasteiger partial charge in [-0.15, -0.1) is 0 Å². The monoisotopic (exact) mass is 347 g/mol. The Balaban J connectivity index is 1.85. The van der Waals surface area contributed by atoms with E-state index in [4.69, 9.17) is 4.42 Å². The predicted molar refractivity (Wildman–Crippen MR) is 97.4 cm³/mol. The Morgan fingerprint density at radius 1 is 0.923 bits per heavy atom. The highest BCUT2D eigenvalue weighted by atomic mass is 16.4. The summed E-state index contributed by atoms with van der Waals surface area (Å²) in [6, 6.07) is 16.6. The predicted octanol–water partition coefficient (Wildman–Crippen LogP) is 4.61. The summed E-state index contributed by atoms with van der Waals surface area (Å²) in [5, 5.41) is 9.43. The van der Waals surface area contributed by atoms with Gasteiger partial charge in [-0.05, 0) is 49.6 Å². The van der Waals surface area contributed by atoms with Crippen molar-refractivity contribution in [1.29, 1.82) is 0 Å². The third-order valence-corrected chi connectivity index (χ3v) is 4.63. The van der Waals surface area contributed by atoms with Crippen LogP contribution in [0.1, 0.15) is 19.3 Å². The number of hydrogen-bond donors (Lipinski definition) is 1. The lowest BCUT2D eigenvalue weighted by Crippen LogP contribution is -2.27. The molecule has 2 aliphatic carbocycles. The largest absolute Gasteiger partial charge is 0.478 e. The number of carbonyl (C=O) groups excluding carboxylic acids is 1. The fourth-order valence-corrected chi connectivity index (χ4v) is 3.42. The number of para-hydroxylation sites is 1. The van der Waals surface area contributed by atoms with Crippen LogP contribution in [0.3, 0.4) is 0 Å². The summed E-state index contributed by atoms with van der Waals surface area (Å²) in [4.78, 5) is 26.4. The second kappa shape index (κ2) is 6.52. The van der Waals surface area contributed by atoms with E-state index in [0.29, 0.717) is 42.0 Å². The minimum atomic E-state index is -1.01. The number of aliphatic carboxylic acids is 1. The standard InChI is InChI=1S/C21H17NO4/c23-20(17-9-4-10-18(17)21(24)25)22(15-7-2-1-3-8-15)16-12-14-6-5-11-26-19(14)13-16/h1-3,5-8,11-13H,4,9-10H2,(H,24,25). The van der Waals surface area contributed by atoms with Crippen molar-refractivity contribution in [2.24, 2.45) is 0 Å². The van der Waals surface area contributed by atoms with Crippen LogP contribution in [0, 0.1) is 0 Å². The molecule has 5 nitrogen and oxygen atoms in total. The molecule has 3 aliphatic rings. The Labute approximate surface area is 150 Å². The number of carbonyl (C=O) groups is 2. The SMILES string of the molecule is O=C(O)C1=C(C(=O)N(c2ccccc2)c2cc3cccoc-3c2)CCC1. The van der Waals surface area contributed by atoms with Crippen LogP contribution >= 0.6 is 0 Å². The average Bonchev–Trinajstić information content (AvgIpc) is 3.29. The fourth-order valence-electron chi connectivity index (χ4n) is 3.42. The second-order valence-electron chi connectivity index (χ2n) is 6.24. The normalized spacial score (nSPS) is 14.0. The molecule has 0 spiro atoms. The van der Waals surface area contributed by atoms with Crippen LogP contribution in [-0.4, -0.2) is 17.0 Å². The number of rotatable bonds is 4. The molecule has 0 saturated heterocycles. The molecule has 1 amide bonds. The number of nitrogens with zero attached hydrogens (tertiary/aromatic N) is 1. The lowest BCUT2D eigenvalue weighted by Gasteiger charge is -2.22. The van der Waals surface area contributed by atoms with Gasteiger partial charge < -0.3 is 9.52 Å². The fraction of sp³-hybridized carbons (Fsp3) is 0.143. The van der Waals surface area contributed by atoms with Gasteiger partial charge in [-0.25, -0.2) is 4.79 Å². The van der Waals surface area contributed by atoms with Crippen molar-refractivity contribution in [3.05, 3.63) is 72.0 Å². The zero-order valence-corrected chi connectivity index (χ0v) is 14.0. The first kappa shape index (κ1) is 16.1. The number of carboxylic acids is 1. The highest BCUT2D eigenvalue weighted by Gasteiger charge is 2.31. The molecule has 4 rings (SSSR count). The van der Waals surface area contributed by atoms with Gasteiger partial charge >= 0.3 is 5.97 Å². The van der Waals surface area contributed by atoms with E-state index in [0.717, 1.165) is 5.56 Å². The van der Waals surface area contributed by atoms with Crippen molar-refractivity contribution >= 4 is 23.3 Å². The van der Waals surface area contributed by atoms with E-state index in [2.05, 4.69) is 0 Å². The molecule has 5 heteroatoms. The van der Waals surface area contributed by atoms with Crippen molar-refractivity contribution in [3.8, 4) is 11.3 Å². The Morgan fingerprint density at radius 3 is 2.42 bits per heavy atom. The average molecular weight is 347 g/mol. The van der Waals surface area contributed by atoms with Gasteiger partial charge in [0.2, 0.25) is 0 Å². The first-order valence-electron chi connectivity index (χ1n) is 8.47. The van der Waals surface area contributed by atoms with Crippen LogP contribution in [0.15, 0.2) is 76.4 Å². The summed E-state index contributed by atoms with van der Waals surface area (Å²) in [7, 11) is 0. The molecule has 1 aromatic carbocycles. The number of fused-ring (bicyclic) bond motifs is 1. The van der Waals surface area contributed by atoms with Crippen molar-refractivity contribution in [2.45, 2.75) is 19.3 Å². The van der Waals surface area contributed by atoms with E-state index in [1.54, 1.807) is 23.3 Å². The molecule has 26 heavy (non-hydrogen) atoms. The molecule has 1 heterocycles. The van der Waals surface area contributed by atoms with Gasteiger partial charge in [0.25, 0.3) is 5.91 Å². The van der Waals surface area contributed by atoms with Crippen LogP contribution in [0.2, 0.25) is 0 Å². The molecule has 1 aliphatic heterocycles. The molecular formula is C21H17NO4. The van der Waals surface area contributed by atoms with E-state index in [1.807, 2.05) is 42.5 Å². The quantitative estimate of drug-likeness (QED) is 0.748. The third-order valence-electron chi connectivity index (χ3n) is 4.63. The zero-order chi connectivity index (χ0) is 18.1. The molecule has 0 radical (unpaired) electrons. The molecular weight excluding hydrogens is 330 g/mol. The maximum absolute atomic E-state index is 13.3. The lowest BCUT2D eigenvalue weighted by atomic mass is 10.1. The Hall–Kier alpha value is -3.34. The number of anilines is 2. The second-order valence-corrected chi connectivity index (χ2v) is 6.24. The summed E-state index contributed by atoms with van der Waals surface area (Å²) < 4.78 is 5.50. The number of hydrogen-bond acceptors (Lipinski definition) is 3. The van der Waals surface area contributed by atoms with Crippen molar-refractivity contribution in [3.63, 3.8) is 0 Å². The molecule has 0 bridgehead atoms. The Morgan fingerprint density at radius 2 is 1.69 bits per heavy atom.